The van der Waals surface area contributed by atoms with E-state index in [2.05, 4.69) is 82.2 Å². The van der Waals surface area contributed by atoms with Gasteiger partial charge in [0.25, 0.3) is 0 Å². The Bertz CT molecular complexity index is 496. The van der Waals surface area contributed by atoms with Gasteiger partial charge in [0, 0.05) is 16.6 Å². The van der Waals surface area contributed by atoms with Crippen LogP contribution in [0.5, 0.6) is 0 Å². The van der Waals surface area contributed by atoms with Crippen LogP contribution in [0.1, 0.15) is 35.2 Å². The Morgan fingerprint density at radius 1 is 0.842 bits per heavy atom. The van der Waals surface area contributed by atoms with Crippen LogP contribution in [0.4, 0.5) is 0 Å². The molecular formula is C16H17BrN2. The predicted octanol–water partition coefficient (Wildman–Crippen LogP) is 4.04. The lowest BCUT2D eigenvalue weighted by atomic mass is 9.97. The summed E-state index contributed by atoms with van der Waals surface area (Å²) in [4.78, 5) is 0. The molecular weight excluding hydrogens is 300 g/mol. The Labute approximate surface area is 122 Å². The van der Waals surface area contributed by atoms with Crippen LogP contribution in [-0.4, -0.2) is 0 Å². The van der Waals surface area contributed by atoms with E-state index >= 15 is 0 Å². The monoisotopic (exact) mass is 316 g/mol. The maximum Gasteiger partial charge on any atom is 0.0481 e. The van der Waals surface area contributed by atoms with Crippen molar-refractivity contribution in [1.82, 2.24) is 10.9 Å². The summed E-state index contributed by atoms with van der Waals surface area (Å²) in [5.41, 5.74) is 10.8. The van der Waals surface area contributed by atoms with Crippen LogP contribution in [0, 0.1) is 6.92 Å². The molecule has 0 radical (unpaired) electrons. The molecule has 2 N–H and O–H groups in total. The third-order valence-electron chi connectivity index (χ3n) is 3.66. The number of halogens is 1. The number of hydrazine groups is 1. The normalized spacial score (nSPS) is 22.6. The van der Waals surface area contributed by atoms with Crippen molar-refractivity contribution in [3.8, 4) is 0 Å². The van der Waals surface area contributed by atoms with Gasteiger partial charge < -0.3 is 0 Å². The number of hydrogen-bond donors (Lipinski definition) is 2. The number of nitrogens with one attached hydrogen (secondary N) is 2. The Morgan fingerprint density at radius 2 is 1.32 bits per heavy atom. The third kappa shape index (κ3) is 2.89. The molecule has 2 aromatic rings. The zero-order chi connectivity index (χ0) is 13.2. The lowest BCUT2D eigenvalue weighted by Gasteiger charge is -2.10. The molecule has 2 aromatic carbocycles. The molecule has 1 saturated heterocycles. The van der Waals surface area contributed by atoms with Crippen LogP contribution >= 0.6 is 15.9 Å². The molecule has 0 aromatic heterocycles. The predicted molar refractivity (Wildman–Crippen MR) is 81.7 cm³/mol. The highest BCUT2D eigenvalue weighted by atomic mass is 79.9. The fourth-order valence-electron chi connectivity index (χ4n) is 2.49. The highest BCUT2D eigenvalue weighted by Gasteiger charge is 2.25. The van der Waals surface area contributed by atoms with E-state index < -0.39 is 0 Å². The van der Waals surface area contributed by atoms with E-state index in [9.17, 15) is 0 Å². The summed E-state index contributed by atoms with van der Waals surface area (Å²) in [6.07, 6.45) is 1.07. The van der Waals surface area contributed by atoms with Crippen molar-refractivity contribution in [2.75, 3.05) is 0 Å². The van der Waals surface area contributed by atoms with Crippen molar-refractivity contribution in [2.24, 2.45) is 0 Å². The zero-order valence-electron chi connectivity index (χ0n) is 10.9. The van der Waals surface area contributed by atoms with E-state index in [0.717, 1.165) is 10.9 Å². The van der Waals surface area contributed by atoms with E-state index in [1.54, 1.807) is 0 Å². The summed E-state index contributed by atoms with van der Waals surface area (Å²) in [5.74, 6) is 0. The summed E-state index contributed by atoms with van der Waals surface area (Å²) in [6.45, 7) is 2.12. The van der Waals surface area contributed by atoms with Gasteiger partial charge in [-0.2, -0.15) is 0 Å². The van der Waals surface area contributed by atoms with Crippen molar-refractivity contribution in [1.29, 1.82) is 0 Å². The lowest BCUT2D eigenvalue weighted by molar-refractivity contribution is 0.555. The molecule has 0 spiro atoms. The first-order valence-corrected chi connectivity index (χ1v) is 7.35. The summed E-state index contributed by atoms with van der Waals surface area (Å²) >= 11 is 3.47. The molecule has 2 atom stereocenters. The molecule has 0 bridgehead atoms. The molecule has 0 amide bonds. The van der Waals surface area contributed by atoms with Gasteiger partial charge in [0.2, 0.25) is 0 Å². The van der Waals surface area contributed by atoms with E-state index in [4.69, 9.17) is 0 Å². The topological polar surface area (TPSA) is 24.1 Å². The van der Waals surface area contributed by atoms with Crippen molar-refractivity contribution in [2.45, 2.75) is 25.4 Å². The average Bonchev–Trinajstić information content (AvgIpc) is 2.90. The summed E-state index contributed by atoms with van der Waals surface area (Å²) < 4.78 is 1.12. The number of rotatable bonds is 2. The first-order chi connectivity index (χ1) is 9.22. The standard InChI is InChI=1S/C16H17BrN2/c1-11-2-4-12(5-3-11)15-10-16(19-18-15)13-6-8-14(17)9-7-13/h2-9,15-16,18-19H,10H2,1H3. The van der Waals surface area contributed by atoms with Gasteiger partial charge in [0.15, 0.2) is 0 Å². The van der Waals surface area contributed by atoms with Gasteiger partial charge >= 0.3 is 0 Å². The molecule has 2 unspecified atom stereocenters. The second-order valence-electron chi connectivity index (χ2n) is 5.09. The number of hydrogen-bond acceptors (Lipinski definition) is 2. The second-order valence-corrected chi connectivity index (χ2v) is 6.01. The van der Waals surface area contributed by atoms with Gasteiger partial charge in [-0.15, -0.1) is 0 Å². The van der Waals surface area contributed by atoms with Crippen molar-refractivity contribution >= 4 is 15.9 Å². The minimum absolute atomic E-state index is 0.374. The van der Waals surface area contributed by atoms with Gasteiger partial charge in [0.05, 0.1) is 0 Å². The molecule has 1 aliphatic rings. The fourth-order valence-corrected chi connectivity index (χ4v) is 2.75. The average molecular weight is 317 g/mol. The van der Waals surface area contributed by atoms with Gasteiger partial charge in [-0.3, -0.25) is 0 Å². The SMILES string of the molecule is Cc1ccc(C2CC(c3ccc(Br)cc3)NN2)cc1. The molecule has 3 heteroatoms. The lowest BCUT2D eigenvalue weighted by Crippen LogP contribution is -2.26. The fraction of sp³-hybridized carbons (Fsp3) is 0.250. The van der Waals surface area contributed by atoms with Gasteiger partial charge in [0.1, 0.15) is 0 Å². The van der Waals surface area contributed by atoms with Crippen molar-refractivity contribution in [3.05, 3.63) is 69.7 Å². The summed E-state index contributed by atoms with van der Waals surface area (Å²) in [5, 5.41) is 0. The Morgan fingerprint density at radius 3 is 1.84 bits per heavy atom. The minimum atomic E-state index is 0.374. The van der Waals surface area contributed by atoms with Crippen LogP contribution < -0.4 is 10.9 Å². The zero-order valence-corrected chi connectivity index (χ0v) is 12.4. The molecule has 3 rings (SSSR count). The van der Waals surface area contributed by atoms with E-state index in [0.29, 0.717) is 12.1 Å². The Hall–Kier alpha value is -1.16. The van der Waals surface area contributed by atoms with Crippen LogP contribution in [-0.2, 0) is 0 Å². The maximum absolute atomic E-state index is 3.47. The van der Waals surface area contributed by atoms with Crippen LogP contribution in [0.15, 0.2) is 53.0 Å². The molecule has 2 nitrogen and oxygen atoms in total. The number of benzene rings is 2. The number of aryl methyl sites for hydroxylation is 1. The van der Waals surface area contributed by atoms with Crippen molar-refractivity contribution < 1.29 is 0 Å². The quantitative estimate of drug-likeness (QED) is 0.873. The first kappa shape index (κ1) is 12.9. The highest BCUT2D eigenvalue weighted by molar-refractivity contribution is 9.10. The second kappa shape index (κ2) is 5.45. The summed E-state index contributed by atoms with van der Waals surface area (Å²) in [6, 6.07) is 18.0. The molecule has 1 aliphatic heterocycles. The Balaban J connectivity index is 1.73. The first-order valence-electron chi connectivity index (χ1n) is 6.55. The molecule has 0 saturated carbocycles. The Kier molecular flexibility index (Phi) is 3.69. The smallest absolute Gasteiger partial charge is 0.0481 e. The van der Waals surface area contributed by atoms with Gasteiger partial charge in [-0.05, 0) is 36.6 Å². The minimum Gasteiger partial charge on any atom is -0.250 e. The van der Waals surface area contributed by atoms with Crippen LogP contribution in [0.25, 0.3) is 0 Å². The van der Waals surface area contributed by atoms with Crippen molar-refractivity contribution in [3.63, 3.8) is 0 Å². The largest absolute Gasteiger partial charge is 0.250 e. The van der Waals surface area contributed by atoms with Gasteiger partial charge in [-0.25, -0.2) is 10.9 Å². The molecule has 19 heavy (non-hydrogen) atoms. The molecule has 98 valence electrons. The summed E-state index contributed by atoms with van der Waals surface area (Å²) in [7, 11) is 0. The molecule has 0 aliphatic carbocycles. The van der Waals surface area contributed by atoms with Gasteiger partial charge in [-0.1, -0.05) is 57.9 Å². The van der Waals surface area contributed by atoms with E-state index in [1.807, 2.05) is 0 Å². The third-order valence-corrected chi connectivity index (χ3v) is 4.18. The molecule has 1 fully saturated rings. The van der Waals surface area contributed by atoms with E-state index in [-0.39, 0.29) is 0 Å². The van der Waals surface area contributed by atoms with Crippen LogP contribution in [0.2, 0.25) is 0 Å². The maximum atomic E-state index is 3.47. The molecule has 1 heterocycles. The van der Waals surface area contributed by atoms with Crippen LogP contribution in [0.3, 0.4) is 0 Å². The highest BCUT2D eigenvalue weighted by Crippen LogP contribution is 2.31. The van der Waals surface area contributed by atoms with E-state index in [1.165, 1.54) is 16.7 Å².